The highest BCUT2D eigenvalue weighted by atomic mass is 16.4. The quantitative estimate of drug-likeness (QED) is 0.629. The molecular formula is C7H8N2O3. The maximum Gasteiger partial charge on any atom is 0.360 e. The molecule has 0 aliphatic carbocycles. The highest BCUT2D eigenvalue weighted by Gasteiger charge is 2.11. The molecule has 0 saturated heterocycles. The van der Waals surface area contributed by atoms with E-state index >= 15 is 0 Å². The third-order valence-electron chi connectivity index (χ3n) is 1.41. The first-order valence-electron chi connectivity index (χ1n) is 3.30. The first-order valence-corrected chi connectivity index (χ1v) is 3.30. The van der Waals surface area contributed by atoms with Gasteiger partial charge in [0, 0.05) is 18.8 Å². The highest BCUT2D eigenvalue weighted by molar-refractivity contribution is 5.85. The molecule has 1 rings (SSSR count). The van der Waals surface area contributed by atoms with Gasteiger partial charge in [-0.1, -0.05) is 0 Å². The summed E-state index contributed by atoms with van der Waals surface area (Å²) in [5, 5.41) is 12.1. The minimum absolute atomic E-state index is 0.380. The number of aryl methyl sites for hydroxylation is 2. The van der Waals surface area contributed by atoms with Gasteiger partial charge in [-0.15, -0.1) is 0 Å². The normalized spacial score (nSPS) is 9.83. The molecule has 1 aromatic heterocycles. The number of hydrogen-bond donors (Lipinski definition) is 1. The van der Waals surface area contributed by atoms with Crippen molar-refractivity contribution in [3.8, 4) is 0 Å². The van der Waals surface area contributed by atoms with Gasteiger partial charge in [0.05, 0.1) is 0 Å². The number of nitrogens with zero attached hydrogens (tertiary/aromatic N) is 2. The van der Waals surface area contributed by atoms with E-state index in [0.29, 0.717) is 5.56 Å². The smallest absolute Gasteiger partial charge is 0.360 e. The van der Waals surface area contributed by atoms with Gasteiger partial charge in [-0.2, -0.15) is 5.10 Å². The van der Waals surface area contributed by atoms with E-state index in [1.165, 1.54) is 10.9 Å². The molecule has 0 aliphatic heterocycles. The van der Waals surface area contributed by atoms with Crippen LogP contribution < -0.4 is 5.43 Å². The van der Waals surface area contributed by atoms with E-state index in [-0.39, 0.29) is 0 Å². The fourth-order valence-electron chi connectivity index (χ4n) is 0.898. The van der Waals surface area contributed by atoms with Crippen LogP contribution in [-0.4, -0.2) is 20.9 Å². The Morgan fingerprint density at radius 1 is 1.67 bits per heavy atom. The highest BCUT2D eigenvalue weighted by Crippen LogP contribution is 1.90. The number of carboxylic acid groups (broad SMARTS) is 1. The SMILES string of the molecule is Cc1cn(C)nc(C(=O)O)c1=O. The molecule has 0 aliphatic rings. The van der Waals surface area contributed by atoms with E-state index in [2.05, 4.69) is 5.10 Å². The van der Waals surface area contributed by atoms with Gasteiger partial charge in [0.15, 0.2) is 0 Å². The summed E-state index contributed by atoms with van der Waals surface area (Å²) in [6, 6.07) is 0. The van der Waals surface area contributed by atoms with E-state index in [4.69, 9.17) is 5.11 Å². The summed E-state index contributed by atoms with van der Waals surface area (Å²) in [4.78, 5) is 21.6. The van der Waals surface area contributed by atoms with Crippen LogP contribution >= 0.6 is 0 Å². The van der Waals surface area contributed by atoms with Crippen molar-refractivity contribution in [1.82, 2.24) is 9.78 Å². The van der Waals surface area contributed by atoms with Gasteiger partial charge in [0.2, 0.25) is 11.1 Å². The van der Waals surface area contributed by atoms with Gasteiger partial charge in [0.1, 0.15) is 0 Å². The summed E-state index contributed by atoms with van der Waals surface area (Å²) < 4.78 is 1.31. The van der Waals surface area contributed by atoms with E-state index in [0.717, 1.165) is 0 Å². The first kappa shape index (κ1) is 8.45. The van der Waals surface area contributed by atoms with Gasteiger partial charge < -0.3 is 5.11 Å². The Hall–Kier alpha value is -1.65. The maximum atomic E-state index is 11.1. The van der Waals surface area contributed by atoms with Gasteiger partial charge in [-0.05, 0) is 6.92 Å². The lowest BCUT2D eigenvalue weighted by atomic mass is 10.3. The topological polar surface area (TPSA) is 72.2 Å². The van der Waals surface area contributed by atoms with Crippen LogP contribution in [0.1, 0.15) is 16.1 Å². The predicted octanol–water partition coefficient (Wildman–Crippen LogP) is -0.213. The first-order chi connectivity index (χ1) is 5.52. The lowest BCUT2D eigenvalue weighted by Crippen LogP contribution is -2.22. The van der Waals surface area contributed by atoms with Crippen LogP contribution in [-0.2, 0) is 7.05 Å². The van der Waals surface area contributed by atoms with Crippen LogP contribution in [0.3, 0.4) is 0 Å². The molecule has 0 radical (unpaired) electrons. The predicted molar refractivity (Wildman–Crippen MR) is 41.2 cm³/mol. The second-order valence-electron chi connectivity index (χ2n) is 2.47. The average Bonchev–Trinajstić information content (AvgIpc) is 1.96. The van der Waals surface area contributed by atoms with Crippen LogP contribution in [0.4, 0.5) is 0 Å². The zero-order valence-corrected chi connectivity index (χ0v) is 6.74. The Balaban J connectivity index is 3.49. The molecule has 5 heteroatoms. The molecular weight excluding hydrogens is 160 g/mol. The van der Waals surface area contributed by atoms with Crippen molar-refractivity contribution in [2.45, 2.75) is 6.92 Å². The van der Waals surface area contributed by atoms with Gasteiger partial charge in [0.25, 0.3) is 0 Å². The van der Waals surface area contributed by atoms with E-state index in [1.54, 1.807) is 14.0 Å². The molecule has 1 aromatic rings. The van der Waals surface area contributed by atoms with Crippen molar-refractivity contribution in [1.29, 1.82) is 0 Å². The summed E-state index contributed by atoms with van der Waals surface area (Å²) in [5.74, 6) is -1.29. The fourth-order valence-corrected chi connectivity index (χ4v) is 0.898. The number of hydrogen-bond acceptors (Lipinski definition) is 3. The number of carbonyl (C=O) groups is 1. The minimum atomic E-state index is -1.29. The molecule has 0 unspecified atom stereocenters. The Bertz CT molecular complexity index is 381. The molecule has 5 nitrogen and oxygen atoms in total. The maximum absolute atomic E-state index is 11.1. The average molecular weight is 168 g/mol. The molecule has 12 heavy (non-hydrogen) atoms. The number of aromatic nitrogens is 2. The van der Waals surface area contributed by atoms with Crippen LogP contribution in [0.15, 0.2) is 11.0 Å². The molecule has 1 heterocycles. The number of aromatic carboxylic acids is 1. The van der Waals surface area contributed by atoms with E-state index in [9.17, 15) is 9.59 Å². The monoisotopic (exact) mass is 168 g/mol. The van der Waals surface area contributed by atoms with Crippen molar-refractivity contribution in [2.24, 2.45) is 7.05 Å². The Morgan fingerprint density at radius 3 is 2.75 bits per heavy atom. The second-order valence-corrected chi connectivity index (χ2v) is 2.47. The van der Waals surface area contributed by atoms with Crippen LogP contribution in [0, 0.1) is 6.92 Å². The molecule has 0 saturated carbocycles. The zero-order valence-electron chi connectivity index (χ0n) is 6.74. The second kappa shape index (κ2) is 2.77. The number of rotatable bonds is 1. The summed E-state index contributed by atoms with van der Waals surface area (Å²) in [5.41, 5.74) is -0.581. The Morgan fingerprint density at radius 2 is 2.25 bits per heavy atom. The molecule has 0 aromatic carbocycles. The van der Waals surface area contributed by atoms with Crippen LogP contribution in [0.25, 0.3) is 0 Å². The summed E-state index contributed by atoms with van der Waals surface area (Å²) >= 11 is 0. The molecule has 64 valence electrons. The van der Waals surface area contributed by atoms with Crippen LogP contribution in [0.5, 0.6) is 0 Å². The van der Waals surface area contributed by atoms with Crippen molar-refractivity contribution >= 4 is 5.97 Å². The van der Waals surface area contributed by atoms with Gasteiger partial charge in [-0.25, -0.2) is 4.79 Å². The minimum Gasteiger partial charge on any atom is -0.476 e. The standard InChI is InChI=1S/C7H8N2O3/c1-4-3-9(2)8-5(6(4)10)7(11)12/h3H,1-2H3,(H,11,12). The molecule has 0 amide bonds. The largest absolute Gasteiger partial charge is 0.476 e. The lowest BCUT2D eigenvalue weighted by Gasteiger charge is -1.99. The van der Waals surface area contributed by atoms with Crippen molar-refractivity contribution in [3.05, 3.63) is 27.7 Å². The van der Waals surface area contributed by atoms with Gasteiger partial charge >= 0.3 is 5.97 Å². The summed E-state index contributed by atoms with van der Waals surface area (Å²) in [6.07, 6.45) is 1.48. The third-order valence-corrected chi connectivity index (χ3v) is 1.41. The van der Waals surface area contributed by atoms with Crippen LogP contribution in [0.2, 0.25) is 0 Å². The third kappa shape index (κ3) is 1.34. The van der Waals surface area contributed by atoms with E-state index < -0.39 is 17.1 Å². The Labute approximate surface area is 68.3 Å². The fraction of sp³-hybridized carbons (Fsp3) is 0.286. The molecule has 0 atom stereocenters. The van der Waals surface area contributed by atoms with Crippen molar-refractivity contribution in [3.63, 3.8) is 0 Å². The van der Waals surface area contributed by atoms with Gasteiger partial charge in [-0.3, -0.25) is 9.48 Å². The Kier molecular flexibility index (Phi) is 1.95. The molecule has 0 bridgehead atoms. The summed E-state index contributed by atoms with van der Waals surface area (Å²) in [7, 11) is 1.57. The molecule has 1 N–H and O–H groups in total. The van der Waals surface area contributed by atoms with Crippen molar-refractivity contribution < 1.29 is 9.90 Å². The zero-order chi connectivity index (χ0) is 9.30. The van der Waals surface area contributed by atoms with E-state index in [1.807, 2.05) is 0 Å². The lowest BCUT2D eigenvalue weighted by molar-refractivity contribution is 0.0686. The summed E-state index contributed by atoms with van der Waals surface area (Å²) in [6.45, 7) is 1.55. The number of carboxylic acids is 1. The van der Waals surface area contributed by atoms with Crippen molar-refractivity contribution in [2.75, 3.05) is 0 Å². The molecule has 0 spiro atoms. The molecule has 0 fully saturated rings.